The monoisotopic (exact) mass is 288 g/mol. The number of aromatic nitrogens is 1. The van der Waals surface area contributed by atoms with Crippen molar-refractivity contribution < 1.29 is 4.39 Å². The number of nitrogens with two attached hydrogens (primary N) is 3. The van der Waals surface area contributed by atoms with Crippen LogP contribution in [-0.4, -0.2) is 16.5 Å². The van der Waals surface area contributed by atoms with Crippen molar-refractivity contribution in [3.63, 3.8) is 0 Å². The van der Waals surface area contributed by atoms with Crippen molar-refractivity contribution in [2.75, 3.05) is 0 Å². The first-order valence-electron chi connectivity index (χ1n) is 5.89. The second kappa shape index (κ2) is 5.87. The topological polar surface area (TPSA) is 125 Å². The van der Waals surface area contributed by atoms with Crippen LogP contribution in [0.25, 0.3) is 5.69 Å². The van der Waals surface area contributed by atoms with Crippen LogP contribution >= 0.6 is 0 Å². The lowest BCUT2D eigenvalue weighted by atomic mass is 10.2. The van der Waals surface area contributed by atoms with Crippen LogP contribution in [0.15, 0.2) is 57.4 Å². The van der Waals surface area contributed by atoms with Crippen LogP contribution in [0.4, 0.5) is 10.1 Å². The summed E-state index contributed by atoms with van der Waals surface area (Å²) in [5.41, 5.74) is 15.8. The molecule has 0 fully saturated rings. The summed E-state index contributed by atoms with van der Waals surface area (Å²) in [5.74, 6) is -1.19. The fourth-order valence-corrected chi connectivity index (χ4v) is 1.66. The molecule has 0 atom stereocenters. The predicted molar refractivity (Wildman–Crippen MR) is 79.1 cm³/mol. The Bertz CT molecular complexity index is 776. The van der Waals surface area contributed by atoms with Gasteiger partial charge in [0.1, 0.15) is 5.69 Å². The van der Waals surface area contributed by atoms with Crippen LogP contribution < -0.4 is 22.8 Å². The Morgan fingerprint density at radius 1 is 1.14 bits per heavy atom. The van der Waals surface area contributed by atoms with Gasteiger partial charge in [0.2, 0.25) is 5.96 Å². The number of hydrogen-bond donors (Lipinski definition) is 3. The molecule has 21 heavy (non-hydrogen) atoms. The second-order valence-electron chi connectivity index (χ2n) is 4.05. The second-order valence-corrected chi connectivity index (χ2v) is 4.05. The van der Waals surface area contributed by atoms with Crippen LogP contribution in [0.2, 0.25) is 0 Å². The first-order chi connectivity index (χ1) is 9.97. The minimum atomic E-state index is -0.656. The number of guanidine groups is 2. The maximum atomic E-state index is 14.0. The van der Waals surface area contributed by atoms with Gasteiger partial charge in [-0.25, -0.2) is 9.38 Å². The molecule has 2 aromatic rings. The van der Waals surface area contributed by atoms with E-state index < -0.39 is 5.82 Å². The average Bonchev–Trinajstić information content (AvgIpc) is 2.41. The van der Waals surface area contributed by atoms with Gasteiger partial charge in [-0.2, -0.15) is 4.99 Å². The molecule has 0 radical (unpaired) electrons. The Labute approximate surface area is 119 Å². The van der Waals surface area contributed by atoms with E-state index in [1.165, 1.54) is 35.0 Å². The van der Waals surface area contributed by atoms with E-state index in [1.54, 1.807) is 12.1 Å². The molecule has 0 aliphatic carbocycles. The third-order valence-electron chi connectivity index (χ3n) is 2.51. The molecule has 0 saturated carbocycles. The summed E-state index contributed by atoms with van der Waals surface area (Å²) in [4.78, 5) is 18.9. The van der Waals surface area contributed by atoms with Crippen molar-refractivity contribution in [2.45, 2.75) is 0 Å². The fraction of sp³-hybridized carbons (Fsp3) is 0. The van der Waals surface area contributed by atoms with Crippen molar-refractivity contribution in [1.82, 2.24) is 4.57 Å². The molecule has 0 amide bonds. The van der Waals surface area contributed by atoms with Crippen LogP contribution in [-0.2, 0) is 0 Å². The maximum absolute atomic E-state index is 14.0. The number of benzene rings is 1. The van der Waals surface area contributed by atoms with Gasteiger partial charge in [0.25, 0.3) is 5.56 Å². The van der Waals surface area contributed by atoms with E-state index in [1.807, 2.05) is 0 Å². The van der Waals surface area contributed by atoms with Crippen LogP contribution in [0.1, 0.15) is 0 Å². The predicted octanol–water partition coefficient (Wildman–Crippen LogP) is 0.196. The van der Waals surface area contributed by atoms with E-state index in [2.05, 4.69) is 9.98 Å². The average molecular weight is 288 g/mol. The van der Waals surface area contributed by atoms with Crippen LogP contribution in [0.3, 0.4) is 0 Å². The molecule has 108 valence electrons. The SMILES string of the molecule is NC(N)=NC(N)=Nc1ccc(-n2ccccc2=O)cc1F. The van der Waals surface area contributed by atoms with E-state index in [9.17, 15) is 9.18 Å². The molecule has 0 aliphatic heterocycles. The summed E-state index contributed by atoms with van der Waals surface area (Å²) in [6, 6.07) is 8.72. The van der Waals surface area contributed by atoms with Gasteiger partial charge in [0.05, 0.1) is 5.69 Å². The molecular formula is C13H13FN6O. The minimum Gasteiger partial charge on any atom is -0.370 e. The largest absolute Gasteiger partial charge is 0.370 e. The number of hydrogen-bond acceptors (Lipinski definition) is 2. The van der Waals surface area contributed by atoms with Crippen molar-refractivity contribution in [2.24, 2.45) is 27.2 Å². The van der Waals surface area contributed by atoms with Gasteiger partial charge >= 0.3 is 0 Å². The van der Waals surface area contributed by atoms with E-state index in [0.717, 1.165) is 0 Å². The Hall–Kier alpha value is -3.16. The Kier molecular flexibility index (Phi) is 3.98. The van der Waals surface area contributed by atoms with E-state index in [-0.39, 0.29) is 23.2 Å². The summed E-state index contributed by atoms with van der Waals surface area (Å²) in [7, 11) is 0. The highest BCUT2D eigenvalue weighted by Crippen LogP contribution is 2.20. The van der Waals surface area contributed by atoms with Crippen molar-refractivity contribution in [3.8, 4) is 5.69 Å². The van der Waals surface area contributed by atoms with Gasteiger partial charge in [-0.15, -0.1) is 0 Å². The number of aliphatic imine (C=N–C) groups is 2. The molecule has 1 heterocycles. The van der Waals surface area contributed by atoms with Crippen LogP contribution in [0, 0.1) is 5.82 Å². The molecule has 0 aliphatic rings. The van der Waals surface area contributed by atoms with Gasteiger partial charge in [0.15, 0.2) is 11.8 Å². The number of halogens is 1. The Morgan fingerprint density at radius 2 is 1.90 bits per heavy atom. The van der Waals surface area contributed by atoms with Crippen molar-refractivity contribution in [1.29, 1.82) is 0 Å². The van der Waals surface area contributed by atoms with Gasteiger partial charge in [-0.3, -0.25) is 9.36 Å². The fourth-order valence-electron chi connectivity index (χ4n) is 1.66. The third-order valence-corrected chi connectivity index (χ3v) is 2.51. The minimum absolute atomic E-state index is 0.0368. The summed E-state index contributed by atoms with van der Waals surface area (Å²) >= 11 is 0. The van der Waals surface area contributed by atoms with Gasteiger partial charge in [0, 0.05) is 18.3 Å². The highest BCUT2D eigenvalue weighted by Gasteiger charge is 2.05. The lowest BCUT2D eigenvalue weighted by molar-refractivity contribution is 0.628. The third kappa shape index (κ3) is 3.44. The van der Waals surface area contributed by atoms with Crippen molar-refractivity contribution in [3.05, 3.63) is 58.8 Å². The summed E-state index contributed by atoms with van der Waals surface area (Å²) in [6.45, 7) is 0. The lowest BCUT2D eigenvalue weighted by Crippen LogP contribution is -2.26. The highest BCUT2D eigenvalue weighted by atomic mass is 19.1. The quantitative estimate of drug-likeness (QED) is 0.539. The molecule has 2 rings (SSSR count). The van der Waals surface area contributed by atoms with E-state index in [0.29, 0.717) is 5.69 Å². The molecule has 1 aromatic heterocycles. The molecular weight excluding hydrogens is 275 g/mol. The first-order valence-corrected chi connectivity index (χ1v) is 5.89. The summed E-state index contributed by atoms with van der Waals surface area (Å²) in [6.07, 6.45) is 1.54. The first kappa shape index (κ1) is 14.3. The summed E-state index contributed by atoms with van der Waals surface area (Å²) < 4.78 is 15.3. The van der Waals surface area contributed by atoms with Gasteiger partial charge in [-0.1, -0.05) is 6.07 Å². The molecule has 0 saturated heterocycles. The Balaban J connectivity index is 2.41. The smallest absolute Gasteiger partial charge is 0.255 e. The highest BCUT2D eigenvalue weighted by molar-refractivity contribution is 5.93. The van der Waals surface area contributed by atoms with Crippen LogP contribution in [0.5, 0.6) is 0 Å². The molecule has 6 N–H and O–H groups in total. The Morgan fingerprint density at radius 3 is 2.52 bits per heavy atom. The zero-order valence-corrected chi connectivity index (χ0v) is 10.9. The number of nitrogens with zero attached hydrogens (tertiary/aromatic N) is 3. The molecule has 0 unspecified atom stereocenters. The normalized spacial score (nSPS) is 11.2. The van der Waals surface area contributed by atoms with Gasteiger partial charge < -0.3 is 17.2 Å². The summed E-state index contributed by atoms with van der Waals surface area (Å²) in [5, 5.41) is 0. The lowest BCUT2D eigenvalue weighted by Gasteiger charge is -2.06. The molecule has 8 heteroatoms. The maximum Gasteiger partial charge on any atom is 0.255 e. The number of rotatable bonds is 2. The van der Waals surface area contributed by atoms with E-state index in [4.69, 9.17) is 17.2 Å². The molecule has 7 nitrogen and oxygen atoms in total. The molecule has 1 aromatic carbocycles. The van der Waals surface area contributed by atoms with E-state index >= 15 is 0 Å². The van der Waals surface area contributed by atoms with Crippen molar-refractivity contribution >= 4 is 17.6 Å². The molecule has 0 spiro atoms. The zero-order chi connectivity index (χ0) is 15.4. The number of pyridine rings is 1. The van der Waals surface area contributed by atoms with Gasteiger partial charge in [-0.05, 0) is 18.2 Å². The molecule has 0 bridgehead atoms. The zero-order valence-electron chi connectivity index (χ0n) is 10.9. The standard InChI is InChI=1S/C13H13FN6O/c14-9-7-8(20-6-2-1-3-11(20)21)4-5-10(9)18-13(17)19-12(15)16/h1-7H,(H6,15,16,17,18,19).